The number of anilines is 1. The quantitative estimate of drug-likeness (QED) is 0.851. The topological polar surface area (TPSA) is 69.9 Å². The van der Waals surface area contributed by atoms with Crippen molar-refractivity contribution in [2.45, 2.75) is 18.2 Å². The normalized spacial score (nSPS) is 25.0. The van der Waals surface area contributed by atoms with E-state index >= 15 is 0 Å². The number of nitrogens with one attached hydrogen (secondary N) is 1. The van der Waals surface area contributed by atoms with Gasteiger partial charge < -0.3 is 5.32 Å². The average molecular weight is 400 g/mol. The Hall–Kier alpha value is -2.16. The highest BCUT2D eigenvalue weighted by molar-refractivity contribution is 7.90. The van der Waals surface area contributed by atoms with Gasteiger partial charge in [0.25, 0.3) is 10.0 Å². The molecule has 148 valence electrons. The van der Waals surface area contributed by atoms with Crippen molar-refractivity contribution in [2.24, 2.45) is 16.8 Å². The molecule has 8 heteroatoms. The summed E-state index contributed by atoms with van der Waals surface area (Å²) in [7, 11) is -3.67. The predicted octanol–water partition coefficient (Wildman–Crippen LogP) is 1.69. The van der Waals surface area contributed by atoms with Crippen molar-refractivity contribution in [2.75, 3.05) is 37.9 Å². The molecule has 3 aliphatic rings. The van der Waals surface area contributed by atoms with E-state index < -0.39 is 10.0 Å². The first-order valence-electron chi connectivity index (χ1n) is 9.80. The highest BCUT2D eigenvalue weighted by atomic mass is 32.2. The molecule has 7 nitrogen and oxygen atoms in total. The molecule has 0 spiro atoms. The van der Waals surface area contributed by atoms with Crippen LogP contribution in [0.4, 0.5) is 5.82 Å². The fourth-order valence-electron chi connectivity index (χ4n) is 4.54. The van der Waals surface area contributed by atoms with Gasteiger partial charge in [-0.15, -0.1) is 0 Å². The van der Waals surface area contributed by atoms with Gasteiger partial charge in [-0.1, -0.05) is 17.7 Å². The molecule has 5 rings (SSSR count). The number of hydrazine groups is 1. The zero-order valence-corrected chi connectivity index (χ0v) is 16.8. The van der Waals surface area contributed by atoms with Gasteiger partial charge in [0.05, 0.1) is 4.90 Å². The summed E-state index contributed by atoms with van der Waals surface area (Å²) < 4.78 is 28.1. The summed E-state index contributed by atoms with van der Waals surface area (Å²) in [5.74, 6) is 2.03. The minimum Gasteiger partial charge on any atom is -0.316 e. The summed E-state index contributed by atoms with van der Waals surface area (Å²) in [6, 6.07) is 8.85. The molecular weight excluding hydrogens is 374 g/mol. The van der Waals surface area contributed by atoms with Gasteiger partial charge in [0.2, 0.25) is 0 Å². The number of aliphatic imine (C=N–C) groups is 1. The Bertz CT molecular complexity index is 1010. The molecule has 3 aliphatic heterocycles. The molecule has 1 aromatic carbocycles. The SMILES string of the molecule is Cc1ccc(S(=O)(=O)n2ccc3c2N(N2CCC4CNCC4C2)CN=C3)cc1. The summed E-state index contributed by atoms with van der Waals surface area (Å²) in [6.45, 7) is 6.39. The van der Waals surface area contributed by atoms with Crippen molar-refractivity contribution in [1.29, 1.82) is 0 Å². The number of hydrogen-bond acceptors (Lipinski definition) is 6. The molecule has 2 saturated heterocycles. The molecule has 2 atom stereocenters. The van der Waals surface area contributed by atoms with Gasteiger partial charge in [-0.3, -0.25) is 10.0 Å². The lowest BCUT2D eigenvalue weighted by atomic mass is 9.89. The van der Waals surface area contributed by atoms with E-state index in [1.807, 2.05) is 25.1 Å². The number of aryl methyl sites for hydroxylation is 1. The Labute approximate surface area is 165 Å². The maximum atomic E-state index is 13.4. The lowest BCUT2D eigenvalue weighted by Gasteiger charge is -2.42. The van der Waals surface area contributed by atoms with Gasteiger partial charge in [-0.2, -0.15) is 0 Å². The van der Waals surface area contributed by atoms with Crippen molar-refractivity contribution < 1.29 is 8.42 Å². The van der Waals surface area contributed by atoms with Crippen LogP contribution in [0.25, 0.3) is 0 Å². The van der Waals surface area contributed by atoms with Crippen molar-refractivity contribution in [3.8, 4) is 0 Å². The Morgan fingerprint density at radius 1 is 1.11 bits per heavy atom. The van der Waals surface area contributed by atoms with Gasteiger partial charge in [0.15, 0.2) is 0 Å². The van der Waals surface area contributed by atoms with Crippen LogP contribution < -0.4 is 10.3 Å². The van der Waals surface area contributed by atoms with Gasteiger partial charge >= 0.3 is 0 Å². The fraction of sp³-hybridized carbons (Fsp3) is 0.450. The highest BCUT2D eigenvalue weighted by Gasteiger charge is 2.37. The van der Waals surface area contributed by atoms with Gasteiger partial charge in [0.1, 0.15) is 12.5 Å². The lowest BCUT2D eigenvalue weighted by molar-refractivity contribution is 0.134. The number of benzene rings is 1. The van der Waals surface area contributed by atoms with Crippen LogP contribution in [0.5, 0.6) is 0 Å². The van der Waals surface area contributed by atoms with Crippen LogP contribution in [0, 0.1) is 18.8 Å². The van der Waals surface area contributed by atoms with Gasteiger partial charge in [-0.05, 0) is 56.5 Å². The first-order valence-corrected chi connectivity index (χ1v) is 11.2. The smallest absolute Gasteiger partial charge is 0.269 e. The average Bonchev–Trinajstić information content (AvgIpc) is 3.34. The van der Waals surface area contributed by atoms with E-state index in [9.17, 15) is 8.42 Å². The standard InChI is InChI=1S/C20H25N5O2S/c1-15-2-4-19(5-3-15)28(26,27)25-9-7-17-11-22-14-24(20(17)25)23-8-6-16-10-21-12-18(16)13-23/h2-5,7,9,11,16,18,21H,6,8,10,12-14H2,1H3. The van der Waals surface area contributed by atoms with Crippen LogP contribution in [0.15, 0.2) is 46.4 Å². The molecule has 28 heavy (non-hydrogen) atoms. The van der Waals surface area contributed by atoms with Crippen molar-refractivity contribution >= 4 is 22.1 Å². The monoisotopic (exact) mass is 399 g/mol. The first kappa shape index (κ1) is 17.9. The Morgan fingerprint density at radius 3 is 2.71 bits per heavy atom. The zero-order valence-electron chi connectivity index (χ0n) is 16.0. The largest absolute Gasteiger partial charge is 0.316 e. The Kier molecular flexibility index (Phi) is 4.30. The Balaban J connectivity index is 1.52. The molecule has 1 N–H and O–H groups in total. The molecule has 0 amide bonds. The molecule has 0 aliphatic carbocycles. The third kappa shape index (κ3) is 2.87. The maximum Gasteiger partial charge on any atom is 0.269 e. The highest BCUT2D eigenvalue weighted by Crippen LogP contribution is 2.33. The molecule has 2 fully saturated rings. The summed E-state index contributed by atoms with van der Waals surface area (Å²) in [5, 5.41) is 7.82. The van der Waals surface area contributed by atoms with E-state index in [4.69, 9.17) is 0 Å². The maximum absolute atomic E-state index is 13.4. The van der Waals surface area contributed by atoms with E-state index in [1.54, 1.807) is 24.5 Å². The predicted molar refractivity (Wildman–Crippen MR) is 109 cm³/mol. The third-order valence-electron chi connectivity index (χ3n) is 6.15. The van der Waals surface area contributed by atoms with Crippen LogP contribution in [-0.4, -0.2) is 56.5 Å². The van der Waals surface area contributed by atoms with Crippen LogP contribution >= 0.6 is 0 Å². The van der Waals surface area contributed by atoms with E-state index in [-0.39, 0.29) is 0 Å². The van der Waals surface area contributed by atoms with Crippen LogP contribution in [-0.2, 0) is 10.0 Å². The molecule has 0 bridgehead atoms. The molecule has 0 saturated carbocycles. The second kappa shape index (κ2) is 6.72. The van der Waals surface area contributed by atoms with Gasteiger partial charge in [-0.25, -0.2) is 17.4 Å². The summed E-state index contributed by atoms with van der Waals surface area (Å²) in [6.07, 6.45) is 4.55. The van der Waals surface area contributed by atoms with Crippen molar-refractivity contribution in [1.82, 2.24) is 14.3 Å². The van der Waals surface area contributed by atoms with Crippen LogP contribution in [0.3, 0.4) is 0 Å². The second-order valence-electron chi connectivity index (χ2n) is 7.94. The number of nitrogens with zero attached hydrogens (tertiary/aromatic N) is 4. The molecule has 2 unspecified atom stereocenters. The minimum absolute atomic E-state index is 0.303. The molecule has 1 aromatic heterocycles. The van der Waals surface area contributed by atoms with Gasteiger partial charge in [0, 0.05) is 31.1 Å². The fourth-order valence-corrected chi connectivity index (χ4v) is 5.90. The number of aromatic nitrogens is 1. The Morgan fingerprint density at radius 2 is 1.89 bits per heavy atom. The summed E-state index contributed by atoms with van der Waals surface area (Å²) in [4.78, 5) is 4.78. The third-order valence-corrected chi connectivity index (χ3v) is 7.83. The number of hydrogen-bond donors (Lipinski definition) is 1. The van der Waals surface area contributed by atoms with E-state index in [2.05, 4.69) is 20.3 Å². The number of rotatable bonds is 3. The van der Waals surface area contributed by atoms with Crippen molar-refractivity contribution in [3.63, 3.8) is 0 Å². The van der Waals surface area contributed by atoms with E-state index in [0.29, 0.717) is 23.3 Å². The van der Waals surface area contributed by atoms with E-state index in [0.717, 1.165) is 49.6 Å². The second-order valence-corrected chi connectivity index (χ2v) is 9.76. The van der Waals surface area contributed by atoms with Crippen LogP contribution in [0.2, 0.25) is 0 Å². The summed E-state index contributed by atoms with van der Waals surface area (Å²) in [5.41, 5.74) is 1.88. The lowest BCUT2D eigenvalue weighted by Crippen LogP contribution is -2.52. The first-order chi connectivity index (χ1) is 13.5. The number of fused-ring (bicyclic) bond motifs is 2. The molecule has 2 aromatic rings. The van der Waals surface area contributed by atoms with Crippen LogP contribution in [0.1, 0.15) is 17.5 Å². The van der Waals surface area contributed by atoms with E-state index in [1.165, 1.54) is 3.97 Å². The molecule has 0 radical (unpaired) electrons. The zero-order chi connectivity index (χ0) is 19.3. The van der Waals surface area contributed by atoms with Crippen molar-refractivity contribution in [3.05, 3.63) is 47.7 Å². The molecular formula is C20H25N5O2S. The number of piperidine rings is 1. The summed E-state index contributed by atoms with van der Waals surface area (Å²) >= 11 is 0. The molecule has 4 heterocycles. The minimum atomic E-state index is -3.67.